The Labute approximate surface area is 107 Å². The molecule has 18 heavy (non-hydrogen) atoms. The molecule has 1 aromatic rings. The van der Waals surface area contributed by atoms with Gasteiger partial charge in [0.25, 0.3) is 0 Å². The molecule has 1 aromatic carbocycles. The summed E-state index contributed by atoms with van der Waals surface area (Å²) < 4.78 is 13.0. The van der Waals surface area contributed by atoms with E-state index in [1.54, 1.807) is 6.07 Å². The minimum atomic E-state index is -0.429. The molecular formula is C14H19FN2O. The van der Waals surface area contributed by atoms with E-state index in [4.69, 9.17) is 0 Å². The van der Waals surface area contributed by atoms with Gasteiger partial charge in [-0.05, 0) is 50.4 Å². The molecule has 1 fully saturated rings. The number of nitrogens with one attached hydrogen (secondary N) is 2. The maximum atomic E-state index is 13.0. The lowest BCUT2D eigenvalue weighted by Crippen LogP contribution is -2.51. The molecule has 1 unspecified atom stereocenters. The van der Waals surface area contributed by atoms with Crippen LogP contribution in [0, 0.1) is 5.82 Å². The minimum absolute atomic E-state index is 0.0383. The van der Waals surface area contributed by atoms with Crippen LogP contribution in [0.15, 0.2) is 24.3 Å². The molecule has 0 aliphatic carbocycles. The van der Waals surface area contributed by atoms with Crippen molar-refractivity contribution in [2.75, 3.05) is 13.1 Å². The van der Waals surface area contributed by atoms with Gasteiger partial charge in [-0.3, -0.25) is 4.79 Å². The van der Waals surface area contributed by atoms with Crippen LogP contribution in [-0.4, -0.2) is 24.5 Å². The Hall–Kier alpha value is -1.42. The Morgan fingerprint density at radius 2 is 2.39 bits per heavy atom. The second-order valence-corrected chi connectivity index (χ2v) is 5.00. The fourth-order valence-electron chi connectivity index (χ4n) is 2.30. The van der Waals surface area contributed by atoms with Crippen LogP contribution >= 0.6 is 0 Å². The first-order valence-corrected chi connectivity index (χ1v) is 6.38. The highest BCUT2D eigenvalue weighted by atomic mass is 19.1. The minimum Gasteiger partial charge on any atom is -0.354 e. The second-order valence-electron chi connectivity index (χ2n) is 5.00. The highest BCUT2D eigenvalue weighted by Crippen LogP contribution is 2.18. The van der Waals surface area contributed by atoms with Gasteiger partial charge in [0.2, 0.25) is 5.91 Å². The van der Waals surface area contributed by atoms with Gasteiger partial charge in [-0.25, -0.2) is 4.39 Å². The summed E-state index contributed by atoms with van der Waals surface area (Å²) in [6.07, 6.45) is 2.56. The van der Waals surface area contributed by atoms with Gasteiger partial charge in [0.1, 0.15) is 5.82 Å². The molecule has 1 atom stereocenters. The predicted molar refractivity (Wildman–Crippen MR) is 68.8 cm³/mol. The average Bonchev–Trinajstić information content (AvgIpc) is 2.77. The summed E-state index contributed by atoms with van der Waals surface area (Å²) in [4.78, 5) is 12.0. The summed E-state index contributed by atoms with van der Waals surface area (Å²) in [6, 6.07) is 6.48. The zero-order valence-corrected chi connectivity index (χ0v) is 10.6. The quantitative estimate of drug-likeness (QED) is 0.852. The van der Waals surface area contributed by atoms with E-state index in [1.165, 1.54) is 12.1 Å². The van der Waals surface area contributed by atoms with Crippen molar-refractivity contribution in [3.8, 4) is 0 Å². The molecule has 4 heteroatoms. The molecule has 1 aliphatic rings. The number of carbonyl (C=O) groups excluding carboxylic acids is 1. The molecule has 1 amide bonds. The smallest absolute Gasteiger partial charge is 0.240 e. The average molecular weight is 250 g/mol. The van der Waals surface area contributed by atoms with E-state index in [0.29, 0.717) is 13.0 Å². The van der Waals surface area contributed by atoms with Gasteiger partial charge in [0.05, 0.1) is 5.54 Å². The van der Waals surface area contributed by atoms with E-state index >= 15 is 0 Å². The van der Waals surface area contributed by atoms with Crippen molar-refractivity contribution in [1.82, 2.24) is 10.6 Å². The predicted octanol–water partition coefficient (Wildman–Crippen LogP) is 1.63. The van der Waals surface area contributed by atoms with Crippen LogP contribution in [0.25, 0.3) is 0 Å². The molecule has 0 aromatic heterocycles. The molecule has 2 rings (SSSR count). The summed E-state index contributed by atoms with van der Waals surface area (Å²) in [6.45, 7) is 3.37. The zero-order chi connectivity index (χ0) is 13.0. The summed E-state index contributed by atoms with van der Waals surface area (Å²) >= 11 is 0. The SMILES string of the molecule is CC1(C(=O)NCCc2cccc(F)c2)CCCN1. The monoisotopic (exact) mass is 250 g/mol. The maximum Gasteiger partial charge on any atom is 0.240 e. The van der Waals surface area contributed by atoms with E-state index in [2.05, 4.69) is 10.6 Å². The molecular weight excluding hydrogens is 231 g/mol. The normalized spacial score (nSPS) is 23.0. The second kappa shape index (κ2) is 5.48. The third-order valence-electron chi connectivity index (χ3n) is 3.46. The first-order chi connectivity index (χ1) is 8.60. The lowest BCUT2D eigenvalue weighted by molar-refractivity contribution is -0.126. The van der Waals surface area contributed by atoms with E-state index in [1.807, 2.05) is 13.0 Å². The van der Waals surface area contributed by atoms with Crippen LogP contribution in [0.5, 0.6) is 0 Å². The van der Waals surface area contributed by atoms with Gasteiger partial charge < -0.3 is 10.6 Å². The molecule has 3 nitrogen and oxygen atoms in total. The van der Waals surface area contributed by atoms with E-state index < -0.39 is 5.54 Å². The zero-order valence-electron chi connectivity index (χ0n) is 10.6. The number of halogens is 1. The first-order valence-electron chi connectivity index (χ1n) is 6.38. The Kier molecular flexibility index (Phi) is 3.97. The van der Waals surface area contributed by atoms with Gasteiger partial charge in [-0.1, -0.05) is 12.1 Å². The van der Waals surface area contributed by atoms with Crippen LogP contribution in [0.3, 0.4) is 0 Å². The number of rotatable bonds is 4. The molecule has 2 N–H and O–H groups in total. The van der Waals surface area contributed by atoms with Crippen molar-refractivity contribution in [2.24, 2.45) is 0 Å². The largest absolute Gasteiger partial charge is 0.354 e. The van der Waals surface area contributed by atoms with Crippen LogP contribution in [-0.2, 0) is 11.2 Å². The molecule has 0 bridgehead atoms. The van der Waals surface area contributed by atoms with E-state index in [-0.39, 0.29) is 11.7 Å². The highest BCUT2D eigenvalue weighted by molar-refractivity contribution is 5.86. The molecule has 0 radical (unpaired) electrons. The highest BCUT2D eigenvalue weighted by Gasteiger charge is 2.35. The number of hydrogen-bond acceptors (Lipinski definition) is 2. The first kappa shape index (κ1) is 13.0. The van der Waals surface area contributed by atoms with Crippen molar-refractivity contribution in [3.63, 3.8) is 0 Å². The summed E-state index contributed by atoms with van der Waals surface area (Å²) in [7, 11) is 0. The van der Waals surface area contributed by atoms with Gasteiger partial charge in [-0.15, -0.1) is 0 Å². The van der Waals surface area contributed by atoms with Crippen molar-refractivity contribution < 1.29 is 9.18 Å². The van der Waals surface area contributed by atoms with Crippen molar-refractivity contribution in [2.45, 2.75) is 31.7 Å². The Morgan fingerprint density at radius 1 is 1.56 bits per heavy atom. The number of carbonyl (C=O) groups is 1. The summed E-state index contributed by atoms with van der Waals surface area (Å²) in [5, 5.41) is 6.13. The molecule has 1 saturated heterocycles. The van der Waals surface area contributed by atoms with Crippen molar-refractivity contribution in [3.05, 3.63) is 35.6 Å². The van der Waals surface area contributed by atoms with Gasteiger partial charge >= 0.3 is 0 Å². The lowest BCUT2D eigenvalue weighted by Gasteiger charge is -2.23. The Balaban J connectivity index is 1.80. The number of benzene rings is 1. The van der Waals surface area contributed by atoms with Crippen LogP contribution in [0.2, 0.25) is 0 Å². The molecule has 0 saturated carbocycles. The maximum absolute atomic E-state index is 13.0. The Bertz CT molecular complexity index is 428. The van der Waals surface area contributed by atoms with Crippen molar-refractivity contribution >= 4 is 5.91 Å². The van der Waals surface area contributed by atoms with Gasteiger partial charge in [0.15, 0.2) is 0 Å². The number of hydrogen-bond donors (Lipinski definition) is 2. The van der Waals surface area contributed by atoms with Gasteiger partial charge in [-0.2, -0.15) is 0 Å². The van der Waals surface area contributed by atoms with Gasteiger partial charge in [0, 0.05) is 6.54 Å². The molecule has 0 spiro atoms. The van der Waals surface area contributed by atoms with E-state index in [9.17, 15) is 9.18 Å². The fourth-order valence-corrected chi connectivity index (χ4v) is 2.30. The summed E-state index contributed by atoms with van der Waals surface area (Å²) in [5.41, 5.74) is 0.474. The summed E-state index contributed by atoms with van der Waals surface area (Å²) in [5.74, 6) is -0.195. The Morgan fingerprint density at radius 3 is 3.06 bits per heavy atom. The third kappa shape index (κ3) is 3.07. The lowest BCUT2D eigenvalue weighted by atomic mass is 9.99. The van der Waals surface area contributed by atoms with Crippen LogP contribution in [0.4, 0.5) is 4.39 Å². The molecule has 98 valence electrons. The fraction of sp³-hybridized carbons (Fsp3) is 0.500. The van der Waals surface area contributed by atoms with Crippen LogP contribution < -0.4 is 10.6 Å². The van der Waals surface area contributed by atoms with Crippen molar-refractivity contribution in [1.29, 1.82) is 0 Å². The molecule has 1 aliphatic heterocycles. The molecule has 1 heterocycles. The number of amides is 1. The third-order valence-corrected chi connectivity index (χ3v) is 3.46. The van der Waals surface area contributed by atoms with E-state index in [0.717, 1.165) is 24.9 Å². The topological polar surface area (TPSA) is 41.1 Å². The van der Waals surface area contributed by atoms with Crippen LogP contribution in [0.1, 0.15) is 25.3 Å². The standard InChI is InChI=1S/C14H19FN2O/c1-14(7-3-8-17-14)13(18)16-9-6-11-4-2-5-12(15)10-11/h2,4-5,10,17H,3,6-9H2,1H3,(H,16,18).